The highest BCUT2D eigenvalue weighted by Gasteiger charge is 2.11. The van der Waals surface area contributed by atoms with Crippen LogP contribution in [0.3, 0.4) is 0 Å². The van der Waals surface area contributed by atoms with Crippen LogP contribution < -0.4 is 0 Å². The van der Waals surface area contributed by atoms with E-state index in [4.69, 9.17) is 0 Å². The van der Waals surface area contributed by atoms with Crippen molar-refractivity contribution in [3.05, 3.63) is 60.7 Å². The molecule has 1 aromatic rings. The van der Waals surface area contributed by atoms with Gasteiger partial charge in [-0.1, -0.05) is 49.6 Å². The minimum atomic E-state index is 0.943. The molecule has 2 rings (SSSR count). The van der Waals surface area contributed by atoms with Gasteiger partial charge in [0.25, 0.3) is 0 Å². The van der Waals surface area contributed by atoms with Gasteiger partial charge >= 0.3 is 0 Å². The molecule has 64 valence electrons. The van der Waals surface area contributed by atoms with Crippen molar-refractivity contribution < 1.29 is 0 Å². The fraction of sp³-hybridized carbons (Fsp3) is 0.0769. The van der Waals surface area contributed by atoms with Gasteiger partial charge in [-0.05, 0) is 28.7 Å². The van der Waals surface area contributed by atoms with Crippen LogP contribution in [0.5, 0.6) is 0 Å². The summed E-state index contributed by atoms with van der Waals surface area (Å²) in [6.07, 6.45) is 5.03. The van der Waals surface area contributed by atoms with E-state index in [2.05, 4.69) is 43.5 Å². The van der Waals surface area contributed by atoms with Gasteiger partial charge in [-0.2, -0.15) is 0 Å². The first-order valence-electron chi connectivity index (χ1n) is 4.43. The van der Waals surface area contributed by atoms with Gasteiger partial charge in [0.1, 0.15) is 0 Å². The zero-order chi connectivity index (χ0) is 9.26. The summed E-state index contributed by atoms with van der Waals surface area (Å²) in [4.78, 5) is 0. The molecule has 0 aliphatic heterocycles. The molecule has 1 aliphatic rings. The van der Waals surface area contributed by atoms with Crippen LogP contribution in [0, 0.1) is 0 Å². The molecule has 0 saturated carbocycles. The second-order valence-corrected chi connectivity index (χ2v) is 3.22. The molecule has 0 saturated heterocycles. The second-order valence-electron chi connectivity index (χ2n) is 3.22. The average Bonchev–Trinajstić information content (AvgIpc) is 2.19. The maximum absolute atomic E-state index is 4.05. The molecule has 0 radical (unpaired) electrons. The van der Waals surface area contributed by atoms with E-state index in [0.717, 1.165) is 6.42 Å². The minimum absolute atomic E-state index is 0.943. The molecule has 0 atom stereocenters. The maximum Gasteiger partial charge on any atom is -0.00880 e. The lowest BCUT2D eigenvalue weighted by atomic mass is 9.88. The Morgan fingerprint density at radius 1 is 1.15 bits per heavy atom. The molecule has 0 fully saturated rings. The summed E-state index contributed by atoms with van der Waals surface area (Å²) >= 11 is 0. The van der Waals surface area contributed by atoms with Gasteiger partial charge < -0.3 is 0 Å². The van der Waals surface area contributed by atoms with Gasteiger partial charge in [-0.3, -0.25) is 0 Å². The molecule has 0 aromatic heterocycles. The topological polar surface area (TPSA) is 0 Å². The van der Waals surface area contributed by atoms with Gasteiger partial charge in [0, 0.05) is 0 Å². The fourth-order valence-corrected chi connectivity index (χ4v) is 1.69. The molecule has 0 unspecified atom stereocenters. The number of allylic oxidation sites excluding steroid dienone is 4. The van der Waals surface area contributed by atoms with Gasteiger partial charge in [0.15, 0.2) is 0 Å². The van der Waals surface area contributed by atoms with E-state index in [9.17, 15) is 0 Å². The van der Waals surface area contributed by atoms with Crippen LogP contribution in [0.4, 0.5) is 0 Å². The Bertz CT molecular complexity index is 394. The molecule has 0 bridgehead atoms. The third-order valence-electron chi connectivity index (χ3n) is 2.41. The summed E-state index contributed by atoms with van der Waals surface area (Å²) in [5.74, 6) is 0. The predicted molar refractivity (Wildman–Crippen MR) is 58.3 cm³/mol. The molecular weight excluding hydrogens is 156 g/mol. The van der Waals surface area contributed by atoms with Crippen molar-refractivity contribution in [2.45, 2.75) is 6.42 Å². The van der Waals surface area contributed by atoms with Crippen LogP contribution in [0.25, 0.3) is 11.1 Å². The number of rotatable bonds is 1. The summed E-state index contributed by atoms with van der Waals surface area (Å²) in [6, 6.07) is 8.34. The highest BCUT2D eigenvalue weighted by Crippen LogP contribution is 2.32. The quantitative estimate of drug-likeness (QED) is 0.600. The molecule has 0 heteroatoms. The molecule has 1 aliphatic carbocycles. The van der Waals surface area contributed by atoms with Crippen LogP contribution in [0.1, 0.15) is 17.5 Å². The van der Waals surface area contributed by atoms with E-state index < -0.39 is 0 Å². The third kappa shape index (κ3) is 1.25. The molecule has 0 N–H and O–H groups in total. The van der Waals surface area contributed by atoms with Crippen LogP contribution in [-0.4, -0.2) is 0 Å². The number of fused-ring (bicyclic) bond motifs is 1. The van der Waals surface area contributed by atoms with Crippen molar-refractivity contribution in [1.29, 1.82) is 0 Å². The van der Waals surface area contributed by atoms with Gasteiger partial charge in [0.2, 0.25) is 0 Å². The molecule has 0 heterocycles. The van der Waals surface area contributed by atoms with Crippen molar-refractivity contribution in [2.24, 2.45) is 0 Å². The van der Waals surface area contributed by atoms with Gasteiger partial charge in [-0.15, -0.1) is 0 Å². The van der Waals surface area contributed by atoms with Crippen LogP contribution in [0.15, 0.2) is 49.6 Å². The van der Waals surface area contributed by atoms with E-state index in [0.29, 0.717) is 0 Å². The van der Waals surface area contributed by atoms with Crippen LogP contribution in [-0.2, 0) is 0 Å². The molecule has 13 heavy (non-hydrogen) atoms. The van der Waals surface area contributed by atoms with E-state index in [1.54, 1.807) is 0 Å². The largest absolute Gasteiger partial charge is 0.0985 e. The highest BCUT2D eigenvalue weighted by molar-refractivity contribution is 5.87. The molecule has 0 amide bonds. The first-order chi connectivity index (χ1) is 6.33. The smallest absolute Gasteiger partial charge is 0.00880 e. The Balaban J connectivity index is 2.64. The zero-order valence-electron chi connectivity index (χ0n) is 7.59. The molecule has 0 spiro atoms. The fourth-order valence-electron chi connectivity index (χ4n) is 1.69. The van der Waals surface area contributed by atoms with Gasteiger partial charge in [0.05, 0.1) is 0 Å². The maximum atomic E-state index is 4.05. The lowest BCUT2D eigenvalue weighted by Gasteiger charge is -2.16. The Hall–Kier alpha value is -1.56. The molecule has 1 aromatic carbocycles. The number of hydrogen-bond acceptors (Lipinski definition) is 0. The van der Waals surface area contributed by atoms with E-state index >= 15 is 0 Å². The zero-order valence-corrected chi connectivity index (χ0v) is 7.59. The van der Waals surface area contributed by atoms with Crippen molar-refractivity contribution in [1.82, 2.24) is 0 Å². The summed E-state index contributed by atoms with van der Waals surface area (Å²) in [5.41, 5.74) is 4.94. The van der Waals surface area contributed by atoms with E-state index in [1.807, 2.05) is 6.08 Å². The summed E-state index contributed by atoms with van der Waals surface area (Å²) in [5, 5.41) is 0. The predicted octanol–water partition coefficient (Wildman–Crippen LogP) is 3.67. The average molecular weight is 168 g/mol. The van der Waals surface area contributed by atoms with Crippen LogP contribution >= 0.6 is 0 Å². The Labute approximate surface area is 78.9 Å². The van der Waals surface area contributed by atoms with Crippen molar-refractivity contribution in [3.63, 3.8) is 0 Å². The number of benzene rings is 1. The number of hydrogen-bond donors (Lipinski definition) is 0. The Morgan fingerprint density at radius 2 is 1.85 bits per heavy atom. The lowest BCUT2D eigenvalue weighted by molar-refractivity contribution is 1.35. The van der Waals surface area contributed by atoms with E-state index in [1.165, 1.54) is 22.3 Å². The normalized spacial score (nSPS) is 14.8. The lowest BCUT2D eigenvalue weighted by Crippen LogP contribution is -1.95. The summed E-state index contributed by atoms with van der Waals surface area (Å²) in [6.45, 7) is 7.86. The monoisotopic (exact) mass is 168 g/mol. The van der Waals surface area contributed by atoms with Crippen molar-refractivity contribution in [2.75, 3.05) is 0 Å². The Morgan fingerprint density at radius 3 is 2.54 bits per heavy atom. The standard InChI is InChI=1S/C13H12/c1-3-11-9-8-10(2)12-6-4-5-7-13(11)12/h3-7,9H,1-2,8H2. The summed E-state index contributed by atoms with van der Waals surface area (Å²) < 4.78 is 0. The Kier molecular flexibility index (Phi) is 1.90. The highest BCUT2D eigenvalue weighted by atomic mass is 14.2. The van der Waals surface area contributed by atoms with Crippen molar-refractivity contribution >= 4 is 11.1 Å². The summed E-state index contributed by atoms with van der Waals surface area (Å²) in [7, 11) is 0. The minimum Gasteiger partial charge on any atom is -0.0985 e. The molecular formula is C13H12. The first kappa shape index (κ1) is 8.06. The van der Waals surface area contributed by atoms with Crippen molar-refractivity contribution in [3.8, 4) is 0 Å². The van der Waals surface area contributed by atoms with E-state index in [-0.39, 0.29) is 0 Å². The first-order valence-corrected chi connectivity index (χ1v) is 4.43. The molecule has 0 nitrogen and oxygen atoms in total. The van der Waals surface area contributed by atoms with Crippen LogP contribution in [0.2, 0.25) is 0 Å². The third-order valence-corrected chi connectivity index (χ3v) is 2.41. The second kappa shape index (κ2) is 3.06. The SMILES string of the molecule is C=CC1=CCC(=C)c2ccccc21. The van der Waals surface area contributed by atoms with Gasteiger partial charge in [-0.25, -0.2) is 0 Å².